The lowest BCUT2D eigenvalue weighted by molar-refractivity contribution is -0.149. The molecule has 0 amide bonds. The van der Waals surface area contributed by atoms with E-state index in [-0.39, 0.29) is 18.5 Å². The number of carbonyl (C=O) groups is 1. The van der Waals surface area contributed by atoms with Crippen molar-refractivity contribution in [2.45, 2.75) is 32.3 Å². The molecule has 5 heteroatoms. The predicted molar refractivity (Wildman–Crippen MR) is 71.6 cm³/mol. The summed E-state index contributed by atoms with van der Waals surface area (Å²) in [7, 11) is 0. The van der Waals surface area contributed by atoms with Crippen LogP contribution in [-0.2, 0) is 16.1 Å². The van der Waals surface area contributed by atoms with E-state index in [9.17, 15) is 4.79 Å². The van der Waals surface area contributed by atoms with Gasteiger partial charge in [-0.15, -0.1) is 11.3 Å². The number of hydrogen-bond donors (Lipinski definition) is 0. The highest BCUT2D eigenvalue weighted by molar-refractivity contribution is 7.13. The van der Waals surface area contributed by atoms with Gasteiger partial charge in [-0.3, -0.25) is 4.79 Å². The summed E-state index contributed by atoms with van der Waals surface area (Å²) in [5.74, 6) is 0.712. The summed E-state index contributed by atoms with van der Waals surface area (Å²) in [5, 5.41) is 5.91. The lowest BCUT2D eigenvalue weighted by Crippen LogP contribution is -2.14. The quantitative estimate of drug-likeness (QED) is 0.801. The fourth-order valence-electron chi connectivity index (χ4n) is 2.34. The Labute approximate surface area is 115 Å². The van der Waals surface area contributed by atoms with Gasteiger partial charge in [-0.2, -0.15) is 0 Å². The fourth-order valence-corrected chi connectivity index (χ4v) is 3.01. The van der Waals surface area contributed by atoms with Crippen molar-refractivity contribution in [1.82, 2.24) is 5.16 Å². The maximum Gasteiger partial charge on any atom is 0.309 e. The zero-order valence-corrected chi connectivity index (χ0v) is 11.3. The number of aromatic nitrogens is 1. The Bertz CT molecular complexity index is 541. The normalized spacial score (nSPS) is 15.8. The largest absolute Gasteiger partial charge is 0.459 e. The van der Waals surface area contributed by atoms with Gasteiger partial charge in [-0.25, -0.2) is 0 Å². The molecule has 0 saturated heterocycles. The van der Waals surface area contributed by atoms with Gasteiger partial charge < -0.3 is 9.26 Å². The Morgan fingerprint density at radius 3 is 3.05 bits per heavy atom. The number of esters is 1. The van der Waals surface area contributed by atoms with Gasteiger partial charge in [0, 0.05) is 6.07 Å². The van der Waals surface area contributed by atoms with Crippen LogP contribution in [0.4, 0.5) is 0 Å². The molecule has 1 fully saturated rings. The molecule has 100 valence electrons. The van der Waals surface area contributed by atoms with E-state index < -0.39 is 0 Å². The molecule has 2 aromatic rings. The van der Waals surface area contributed by atoms with E-state index in [1.54, 1.807) is 11.3 Å². The minimum absolute atomic E-state index is 0.0867. The molecular formula is C14H15NO3S. The summed E-state index contributed by atoms with van der Waals surface area (Å²) in [5.41, 5.74) is 0.662. The van der Waals surface area contributed by atoms with Crippen molar-refractivity contribution in [3.8, 4) is 10.6 Å². The standard InChI is InChI=1S/C14H15NO3S/c16-14(10-4-1-2-5-10)17-9-11-8-12(18-15-11)13-6-3-7-19-13/h3,6-8,10H,1-2,4-5,9H2. The van der Waals surface area contributed by atoms with Crippen LogP contribution in [-0.4, -0.2) is 11.1 Å². The minimum Gasteiger partial charge on any atom is -0.459 e. The van der Waals surface area contributed by atoms with Gasteiger partial charge in [0.15, 0.2) is 5.76 Å². The van der Waals surface area contributed by atoms with Crippen molar-refractivity contribution in [3.63, 3.8) is 0 Å². The summed E-state index contributed by atoms with van der Waals surface area (Å²) < 4.78 is 10.5. The molecule has 1 aliphatic carbocycles. The van der Waals surface area contributed by atoms with Crippen LogP contribution in [0, 0.1) is 5.92 Å². The van der Waals surface area contributed by atoms with Crippen LogP contribution >= 0.6 is 11.3 Å². The SMILES string of the molecule is O=C(OCc1cc(-c2cccs2)on1)C1CCCC1. The monoisotopic (exact) mass is 277 g/mol. The summed E-state index contributed by atoms with van der Waals surface area (Å²) in [6, 6.07) is 5.76. The molecule has 1 saturated carbocycles. The molecule has 0 bridgehead atoms. The second kappa shape index (κ2) is 5.57. The minimum atomic E-state index is -0.0989. The van der Waals surface area contributed by atoms with Crippen molar-refractivity contribution in [2.75, 3.05) is 0 Å². The average molecular weight is 277 g/mol. The van der Waals surface area contributed by atoms with Gasteiger partial charge in [0.25, 0.3) is 0 Å². The first kappa shape index (κ1) is 12.4. The molecule has 2 heterocycles. The van der Waals surface area contributed by atoms with Gasteiger partial charge in [0.1, 0.15) is 12.3 Å². The first-order valence-corrected chi connectivity index (χ1v) is 7.37. The molecule has 4 nitrogen and oxygen atoms in total. The highest BCUT2D eigenvalue weighted by Gasteiger charge is 2.24. The molecule has 0 aliphatic heterocycles. The highest BCUT2D eigenvalue weighted by Crippen LogP contribution is 2.27. The zero-order valence-electron chi connectivity index (χ0n) is 10.5. The third-order valence-electron chi connectivity index (χ3n) is 3.37. The van der Waals surface area contributed by atoms with Crippen LogP contribution in [0.25, 0.3) is 10.6 Å². The van der Waals surface area contributed by atoms with Crippen molar-refractivity contribution < 1.29 is 14.1 Å². The molecule has 0 unspecified atom stereocenters. The van der Waals surface area contributed by atoms with Gasteiger partial charge in [-0.1, -0.05) is 24.1 Å². The maximum atomic E-state index is 11.8. The molecule has 1 aliphatic rings. The van der Waals surface area contributed by atoms with E-state index in [0.29, 0.717) is 5.69 Å². The van der Waals surface area contributed by atoms with Crippen LogP contribution in [0.3, 0.4) is 0 Å². The lowest BCUT2D eigenvalue weighted by Gasteiger charge is -2.07. The van der Waals surface area contributed by atoms with Crippen LogP contribution in [0.5, 0.6) is 0 Å². The van der Waals surface area contributed by atoms with Crippen LogP contribution < -0.4 is 0 Å². The van der Waals surface area contributed by atoms with Crippen molar-refractivity contribution >= 4 is 17.3 Å². The Morgan fingerprint density at radius 2 is 2.32 bits per heavy atom. The summed E-state index contributed by atoms with van der Waals surface area (Å²) >= 11 is 1.59. The summed E-state index contributed by atoms with van der Waals surface area (Å²) in [6.45, 7) is 0.199. The third-order valence-corrected chi connectivity index (χ3v) is 4.26. The second-order valence-corrected chi connectivity index (χ2v) is 5.70. The molecule has 3 rings (SSSR count). The average Bonchev–Trinajstić information content (AvgIpc) is 3.14. The molecule has 0 N–H and O–H groups in total. The van der Waals surface area contributed by atoms with E-state index >= 15 is 0 Å². The number of thiophene rings is 1. The first-order chi connectivity index (χ1) is 9.33. The van der Waals surface area contributed by atoms with Crippen molar-refractivity contribution in [1.29, 1.82) is 0 Å². The Kier molecular flexibility index (Phi) is 3.64. The van der Waals surface area contributed by atoms with Gasteiger partial charge >= 0.3 is 5.97 Å². The number of carbonyl (C=O) groups excluding carboxylic acids is 1. The molecule has 0 aromatic carbocycles. The van der Waals surface area contributed by atoms with Gasteiger partial charge in [0.2, 0.25) is 0 Å². The topological polar surface area (TPSA) is 52.3 Å². The van der Waals surface area contributed by atoms with E-state index in [1.807, 2.05) is 23.6 Å². The third kappa shape index (κ3) is 2.87. The van der Waals surface area contributed by atoms with E-state index in [2.05, 4.69) is 5.16 Å². The van der Waals surface area contributed by atoms with E-state index in [1.165, 1.54) is 0 Å². The molecule has 0 spiro atoms. The van der Waals surface area contributed by atoms with Crippen molar-refractivity contribution in [2.24, 2.45) is 5.92 Å². The van der Waals surface area contributed by atoms with Crippen LogP contribution in [0.2, 0.25) is 0 Å². The molecule has 2 aromatic heterocycles. The first-order valence-electron chi connectivity index (χ1n) is 6.49. The summed E-state index contributed by atoms with van der Waals surface area (Å²) in [6.07, 6.45) is 4.18. The van der Waals surface area contributed by atoms with Crippen molar-refractivity contribution in [3.05, 3.63) is 29.3 Å². The van der Waals surface area contributed by atoms with Crippen LogP contribution in [0.15, 0.2) is 28.1 Å². The summed E-state index contributed by atoms with van der Waals surface area (Å²) in [4.78, 5) is 12.8. The van der Waals surface area contributed by atoms with Crippen LogP contribution in [0.1, 0.15) is 31.4 Å². The van der Waals surface area contributed by atoms with Gasteiger partial charge in [0.05, 0.1) is 10.8 Å². The number of rotatable bonds is 4. The maximum absolute atomic E-state index is 11.8. The van der Waals surface area contributed by atoms with E-state index in [4.69, 9.17) is 9.26 Å². The molecule has 0 radical (unpaired) electrons. The Morgan fingerprint density at radius 1 is 1.47 bits per heavy atom. The highest BCUT2D eigenvalue weighted by atomic mass is 32.1. The number of nitrogens with zero attached hydrogens (tertiary/aromatic N) is 1. The van der Waals surface area contributed by atoms with Gasteiger partial charge in [-0.05, 0) is 24.3 Å². The fraction of sp³-hybridized carbons (Fsp3) is 0.429. The second-order valence-electron chi connectivity index (χ2n) is 4.75. The Balaban J connectivity index is 1.57. The smallest absolute Gasteiger partial charge is 0.309 e. The Hall–Kier alpha value is -1.62. The number of ether oxygens (including phenoxy) is 1. The number of hydrogen-bond acceptors (Lipinski definition) is 5. The zero-order chi connectivity index (χ0) is 13.1. The predicted octanol–water partition coefficient (Wildman–Crippen LogP) is 3.64. The molecular weight excluding hydrogens is 262 g/mol. The molecule has 0 atom stereocenters. The van der Waals surface area contributed by atoms with E-state index in [0.717, 1.165) is 36.3 Å². The molecule has 19 heavy (non-hydrogen) atoms. The lowest BCUT2D eigenvalue weighted by atomic mass is 10.1.